The molecule has 1 fully saturated rings. The molecule has 0 saturated heterocycles. The van der Waals surface area contributed by atoms with Crippen LogP contribution in [0.1, 0.15) is 96.5 Å². The molecule has 0 amide bonds. The van der Waals surface area contributed by atoms with Gasteiger partial charge in [-0.2, -0.15) is 0 Å². The smallest absolute Gasteiger partial charge is 0.314 e. The van der Waals surface area contributed by atoms with Gasteiger partial charge in [0.2, 0.25) is 0 Å². The largest absolute Gasteiger partial charge is 0.426 e. The summed E-state index contributed by atoms with van der Waals surface area (Å²) in [5.74, 6) is 1.62. The van der Waals surface area contributed by atoms with E-state index >= 15 is 0 Å². The van der Waals surface area contributed by atoms with E-state index in [2.05, 4.69) is 26.0 Å². The highest BCUT2D eigenvalue weighted by molar-refractivity contribution is 5.75. The van der Waals surface area contributed by atoms with Gasteiger partial charge in [-0.05, 0) is 62.1 Å². The first kappa shape index (κ1) is 21.0. The molecular formula is C24H38O2. The number of esters is 1. The van der Waals surface area contributed by atoms with Gasteiger partial charge in [-0.3, -0.25) is 4.79 Å². The summed E-state index contributed by atoms with van der Waals surface area (Å²) >= 11 is 0. The van der Waals surface area contributed by atoms with Crippen molar-refractivity contribution in [1.82, 2.24) is 0 Å². The predicted octanol–water partition coefficient (Wildman–Crippen LogP) is 7.10. The Labute approximate surface area is 160 Å². The maximum absolute atomic E-state index is 12.4. The summed E-state index contributed by atoms with van der Waals surface area (Å²) in [6, 6.07) is 8.16. The second-order valence-corrected chi connectivity index (χ2v) is 8.09. The number of benzene rings is 1. The molecule has 2 nitrogen and oxygen atoms in total. The Bertz CT molecular complexity index is 497. The molecule has 26 heavy (non-hydrogen) atoms. The number of hydrogen-bond acceptors (Lipinski definition) is 2. The third-order valence-electron chi connectivity index (χ3n) is 5.86. The molecule has 0 N–H and O–H groups in total. The Balaban J connectivity index is 1.69. The van der Waals surface area contributed by atoms with E-state index in [1.807, 2.05) is 12.1 Å². The number of carbonyl (C=O) groups is 1. The van der Waals surface area contributed by atoms with Crippen molar-refractivity contribution in [3.05, 3.63) is 29.8 Å². The highest BCUT2D eigenvalue weighted by Crippen LogP contribution is 2.32. The fourth-order valence-electron chi connectivity index (χ4n) is 4.04. The normalized spacial score (nSPS) is 20.1. The van der Waals surface area contributed by atoms with Crippen molar-refractivity contribution in [3.63, 3.8) is 0 Å². The maximum atomic E-state index is 12.4. The van der Waals surface area contributed by atoms with Crippen LogP contribution in [0.5, 0.6) is 5.75 Å². The van der Waals surface area contributed by atoms with E-state index in [0.29, 0.717) is 5.75 Å². The lowest BCUT2D eigenvalue weighted by Gasteiger charge is -2.27. The van der Waals surface area contributed by atoms with Crippen molar-refractivity contribution in [2.24, 2.45) is 11.8 Å². The summed E-state index contributed by atoms with van der Waals surface area (Å²) in [5, 5.41) is 0. The summed E-state index contributed by atoms with van der Waals surface area (Å²) in [6.07, 6.45) is 16.0. The van der Waals surface area contributed by atoms with Crippen LogP contribution >= 0.6 is 0 Å². The minimum atomic E-state index is -0.0220. The lowest BCUT2D eigenvalue weighted by atomic mass is 9.80. The Morgan fingerprint density at radius 3 is 2.19 bits per heavy atom. The van der Waals surface area contributed by atoms with E-state index in [4.69, 9.17) is 4.74 Å². The van der Waals surface area contributed by atoms with Crippen molar-refractivity contribution in [1.29, 1.82) is 0 Å². The molecule has 0 spiro atoms. The number of carbonyl (C=O) groups excluding carboxylic acids is 1. The molecule has 0 heterocycles. The van der Waals surface area contributed by atoms with Gasteiger partial charge in [-0.1, -0.05) is 70.9 Å². The topological polar surface area (TPSA) is 26.3 Å². The summed E-state index contributed by atoms with van der Waals surface area (Å²) < 4.78 is 5.64. The van der Waals surface area contributed by atoms with Gasteiger partial charge in [-0.15, -0.1) is 0 Å². The Morgan fingerprint density at radius 2 is 1.54 bits per heavy atom. The second kappa shape index (κ2) is 12.1. The molecule has 0 aliphatic heterocycles. The molecule has 0 radical (unpaired) electrons. The molecule has 1 aromatic carbocycles. The minimum Gasteiger partial charge on any atom is -0.426 e. The first-order valence-electron chi connectivity index (χ1n) is 11.0. The lowest BCUT2D eigenvalue weighted by molar-refractivity contribution is -0.140. The third kappa shape index (κ3) is 7.51. The van der Waals surface area contributed by atoms with Crippen molar-refractivity contribution in [2.45, 2.75) is 97.3 Å². The highest BCUT2D eigenvalue weighted by Gasteiger charge is 2.27. The van der Waals surface area contributed by atoms with Crippen LogP contribution in [0.25, 0.3) is 0 Å². The average Bonchev–Trinajstić information content (AvgIpc) is 2.68. The molecular weight excluding hydrogens is 320 g/mol. The molecule has 0 unspecified atom stereocenters. The quantitative estimate of drug-likeness (QED) is 0.239. The fourth-order valence-corrected chi connectivity index (χ4v) is 4.04. The molecule has 146 valence electrons. The van der Waals surface area contributed by atoms with Crippen LogP contribution in [0.3, 0.4) is 0 Å². The Kier molecular flexibility index (Phi) is 9.81. The van der Waals surface area contributed by atoms with E-state index < -0.39 is 0 Å². The Morgan fingerprint density at radius 1 is 0.885 bits per heavy atom. The molecule has 0 atom stereocenters. The fraction of sp³-hybridized carbons (Fsp3) is 0.708. The molecule has 2 rings (SSSR count). The zero-order valence-electron chi connectivity index (χ0n) is 17.0. The van der Waals surface area contributed by atoms with Gasteiger partial charge in [0.25, 0.3) is 0 Å². The molecule has 1 aliphatic carbocycles. The third-order valence-corrected chi connectivity index (χ3v) is 5.86. The number of rotatable bonds is 11. The number of unbranched alkanes of at least 4 members (excludes halogenated alkanes) is 5. The van der Waals surface area contributed by atoms with Gasteiger partial charge >= 0.3 is 5.97 Å². The molecule has 1 aliphatic rings. The SMILES string of the molecule is CCCCCCCc1ccc(OC(=O)C2CCC(CCCC)CC2)cc1. The summed E-state index contributed by atoms with van der Waals surface area (Å²) in [6.45, 7) is 4.50. The van der Waals surface area contributed by atoms with Gasteiger partial charge in [-0.25, -0.2) is 0 Å². The van der Waals surface area contributed by atoms with Crippen LogP contribution < -0.4 is 4.74 Å². The second-order valence-electron chi connectivity index (χ2n) is 8.09. The van der Waals surface area contributed by atoms with Crippen LogP contribution in [-0.2, 0) is 11.2 Å². The molecule has 1 saturated carbocycles. The van der Waals surface area contributed by atoms with Crippen LogP contribution in [0, 0.1) is 11.8 Å². The standard InChI is InChI=1S/C24H38O2/c1-3-5-7-8-9-11-21-14-18-23(19-15-21)26-24(25)22-16-12-20(13-17-22)10-6-4-2/h14-15,18-20,22H,3-13,16-17H2,1-2H3. The van der Waals surface area contributed by atoms with Crippen molar-refractivity contribution < 1.29 is 9.53 Å². The highest BCUT2D eigenvalue weighted by atomic mass is 16.5. The van der Waals surface area contributed by atoms with Crippen molar-refractivity contribution in [2.75, 3.05) is 0 Å². The number of ether oxygens (including phenoxy) is 1. The zero-order valence-corrected chi connectivity index (χ0v) is 17.0. The minimum absolute atomic E-state index is 0.0220. The molecule has 1 aromatic rings. The van der Waals surface area contributed by atoms with Gasteiger partial charge in [0.15, 0.2) is 0 Å². The number of aryl methyl sites for hydroxylation is 1. The van der Waals surface area contributed by atoms with Crippen molar-refractivity contribution >= 4 is 5.97 Å². The van der Waals surface area contributed by atoms with E-state index in [1.165, 1.54) is 69.8 Å². The van der Waals surface area contributed by atoms with Gasteiger partial charge < -0.3 is 4.74 Å². The first-order chi connectivity index (χ1) is 12.7. The van der Waals surface area contributed by atoms with E-state index in [9.17, 15) is 4.79 Å². The van der Waals surface area contributed by atoms with Crippen LogP contribution in [0.4, 0.5) is 0 Å². The van der Waals surface area contributed by atoms with Crippen LogP contribution in [0.15, 0.2) is 24.3 Å². The van der Waals surface area contributed by atoms with Gasteiger partial charge in [0.1, 0.15) is 5.75 Å². The molecule has 0 aromatic heterocycles. The van der Waals surface area contributed by atoms with Gasteiger partial charge in [0.05, 0.1) is 5.92 Å². The maximum Gasteiger partial charge on any atom is 0.314 e. The van der Waals surface area contributed by atoms with Crippen LogP contribution in [-0.4, -0.2) is 5.97 Å². The van der Waals surface area contributed by atoms with E-state index in [-0.39, 0.29) is 11.9 Å². The van der Waals surface area contributed by atoms with E-state index in [0.717, 1.165) is 25.2 Å². The van der Waals surface area contributed by atoms with Gasteiger partial charge in [0, 0.05) is 0 Å². The predicted molar refractivity (Wildman–Crippen MR) is 110 cm³/mol. The molecule has 2 heteroatoms. The lowest BCUT2D eigenvalue weighted by Crippen LogP contribution is -2.25. The van der Waals surface area contributed by atoms with E-state index in [1.54, 1.807) is 0 Å². The monoisotopic (exact) mass is 358 g/mol. The molecule has 0 bridgehead atoms. The first-order valence-corrected chi connectivity index (χ1v) is 11.0. The number of hydrogen-bond donors (Lipinski definition) is 0. The average molecular weight is 359 g/mol. The summed E-state index contributed by atoms with van der Waals surface area (Å²) in [4.78, 5) is 12.4. The summed E-state index contributed by atoms with van der Waals surface area (Å²) in [7, 11) is 0. The van der Waals surface area contributed by atoms with Crippen LogP contribution in [0.2, 0.25) is 0 Å². The Hall–Kier alpha value is -1.31. The summed E-state index contributed by atoms with van der Waals surface area (Å²) in [5.41, 5.74) is 1.35. The zero-order chi connectivity index (χ0) is 18.6. The van der Waals surface area contributed by atoms with Crippen molar-refractivity contribution in [3.8, 4) is 5.75 Å².